The lowest BCUT2D eigenvalue weighted by atomic mass is 9.97. The Bertz CT molecular complexity index is 1280. The minimum atomic E-state index is -4.74. The number of nitrogens with zero attached hydrogens (tertiary/aromatic N) is 3. The lowest BCUT2D eigenvalue weighted by Gasteiger charge is -2.32. The van der Waals surface area contributed by atoms with Gasteiger partial charge in [-0.1, -0.05) is 24.3 Å². The van der Waals surface area contributed by atoms with E-state index in [0.29, 0.717) is 11.1 Å². The van der Waals surface area contributed by atoms with Crippen LogP contribution < -0.4 is 20.3 Å². The van der Waals surface area contributed by atoms with Gasteiger partial charge >= 0.3 is 6.36 Å². The maximum absolute atomic E-state index is 13.1. The molecule has 2 fully saturated rings. The van der Waals surface area contributed by atoms with Crippen LogP contribution in [0, 0.1) is 6.92 Å². The Kier molecular flexibility index (Phi) is 8.56. The molecule has 2 saturated heterocycles. The Balaban J connectivity index is 1.13. The van der Waals surface area contributed by atoms with Crippen LogP contribution in [0.2, 0.25) is 0 Å². The Morgan fingerprint density at radius 2 is 1.75 bits per heavy atom. The number of nitrogens with one attached hydrogen (secondary N) is 2. The van der Waals surface area contributed by atoms with Crippen molar-refractivity contribution >= 4 is 11.7 Å². The van der Waals surface area contributed by atoms with E-state index in [0.717, 1.165) is 75.6 Å². The van der Waals surface area contributed by atoms with E-state index in [1.54, 1.807) is 24.3 Å². The average Bonchev–Trinajstić information content (AvgIpc) is 2.95. The number of ether oxygens (including phenoxy) is 1. The molecule has 2 N–H and O–H groups in total. The fourth-order valence-corrected chi connectivity index (χ4v) is 5.26. The van der Waals surface area contributed by atoms with Crippen molar-refractivity contribution in [1.82, 2.24) is 20.5 Å². The predicted molar refractivity (Wildman–Crippen MR) is 148 cm³/mol. The van der Waals surface area contributed by atoms with E-state index in [1.165, 1.54) is 17.7 Å². The standard InChI is InChI=1S/C30H34F3N5O2/c1-21-2-4-24(18-27(21)23-5-7-26(8-6-23)40-30(31,32)33)29(39)36-25-10-14-37(15-11-25)20-22-3-9-28(35-19-22)38-16-12-34-13-17-38/h2-9,18-19,25,34H,10-17,20H2,1H3,(H,36,39). The summed E-state index contributed by atoms with van der Waals surface area (Å²) in [6.45, 7) is 8.43. The van der Waals surface area contributed by atoms with Crippen molar-refractivity contribution in [3.8, 4) is 16.9 Å². The monoisotopic (exact) mass is 553 g/mol. The number of pyridine rings is 1. The van der Waals surface area contributed by atoms with Gasteiger partial charge in [0.1, 0.15) is 11.6 Å². The summed E-state index contributed by atoms with van der Waals surface area (Å²) in [5, 5.41) is 6.52. The molecule has 2 aromatic carbocycles. The summed E-state index contributed by atoms with van der Waals surface area (Å²) in [6, 6.07) is 15.5. The van der Waals surface area contributed by atoms with Gasteiger partial charge in [0.25, 0.3) is 5.91 Å². The van der Waals surface area contributed by atoms with E-state index in [4.69, 9.17) is 0 Å². The quantitative estimate of drug-likeness (QED) is 0.440. The Hall–Kier alpha value is -3.63. The predicted octanol–water partition coefficient (Wildman–Crippen LogP) is 4.76. The molecule has 0 radical (unpaired) electrons. The number of rotatable bonds is 7. The van der Waals surface area contributed by atoms with Gasteiger partial charge in [-0.3, -0.25) is 9.69 Å². The number of likely N-dealkylation sites (tertiary alicyclic amines) is 1. The van der Waals surface area contributed by atoms with Crippen LogP contribution >= 0.6 is 0 Å². The van der Waals surface area contributed by atoms with Crippen molar-refractivity contribution < 1.29 is 22.7 Å². The lowest BCUT2D eigenvalue weighted by molar-refractivity contribution is -0.274. The van der Waals surface area contributed by atoms with Crippen molar-refractivity contribution in [3.63, 3.8) is 0 Å². The molecule has 10 heteroatoms. The molecule has 0 atom stereocenters. The van der Waals surface area contributed by atoms with Crippen LogP contribution in [-0.2, 0) is 6.54 Å². The maximum Gasteiger partial charge on any atom is 0.573 e. The topological polar surface area (TPSA) is 69.7 Å². The normalized spacial score (nSPS) is 17.1. The highest BCUT2D eigenvalue weighted by Crippen LogP contribution is 2.29. The zero-order valence-electron chi connectivity index (χ0n) is 22.5. The number of aryl methyl sites for hydroxylation is 1. The molecule has 1 aromatic heterocycles. The van der Waals surface area contributed by atoms with Gasteiger partial charge in [0, 0.05) is 63.6 Å². The van der Waals surface area contributed by atoms with E-state index >= 15 is 0 Å². The second kappa shape index (κ2) is 12.3. The Morgan fingerprint density at radius 1 is 1.02 bits per heavy atom. The highest BCUT2D eigenvalue weighted by atomic mass is 19.4. The minimum Gasteiger partial charge on any atom is -0.406 e. The van der Waals surface area contributed by atoms with Gasteiger partial charge < -0.3 is 20.3 Å². The van der Waals surface area contributed by atoms with Gasteiger partial charge in [-0.05, 0) is 72.4 Å². The van der Waals surface area contributed by atoms with Crippen LogP contribution in [-0.4, -0.2) is 67.5 Å². The minimum absolute atomic E-state index is 0.0838. The molecule has 0 bridgehead atoms. The van der Waals surface area contributed by atoms with Crippen LogP contribution in [0.15, 0.2) is 60.8 Å². The van der Waals surface area contributed by atoms with E-state index in [9.17, 15) is 18.0 Å². The summed E-state index contributed by atoms with van der Waals surface area (Å²) in [5.41, 5.74) is 4.13. The molecule has 1 amide bonds. The number of halogens is 3. The first-order valence-electron chi connectivity index (χ1n) is 13.6. The Labute approximate surface area is 232 Å². The maximum atomic E-state index is 13.1. The first-order valence-corrected chi connectivity index (χ1v) is 13.6. The molecule has 212 valence electrons. The molecular formula is C30H34F3N5O2. The molecule has 2 aliphatic rings. The average molecular weight is 554 g/mol. The lowest BCUT2D eigenvalue weighted by Crippen LogP contribution is -2.44. The molecule has 0 saturated carbocycles. The summed E-state index contributed by atoms with van der Waals surface area (Å²) in [7, 11) is 0. The van der Waals surface area contributed by atoms with Crippen molar-refractivity contribution in [2.75, 3.05) is 44.2 Å². The number of alkyl halides is 3. The summed E-state index contributed by atoms with van der Waals surface area (Å²) in [6.07, 6.45) is -1.05. The van der Waals surface area contributed by atoms with Gasteiger partial charge in [-0.2, -0.15) is 0 Å². The highest BCUT2D eigenvalue weighted by Gasteiger charge is 2.31. The Morgan fingerprint density at radius 3 is 2.40 bits per heavy atom. The molecule has 0 aliphatic carbocycles. The molecule has 0 unspecified atom stereocenters. The second-order valence-corrected chi connectivity index (χ2v) is 10.4. The third-order valence-electron chi connectivity index (χ3n) is 7.48. The van der Waals surface area contributed by atoms with Crippen LogP contribution in [0.25, 0.3) is 11.1 Å². The molecule has 7 nitrogen and oxygen atoms in total. The molecule has 5 rings (SSSR count). The molecule has 40 heavy (non-hydrogen) atoms. The molecule has 0 spiro atoms. The van der Waals surface area contributed by atoms with E-state index in [-0.39, 0.29) is 17.7 Å². The summed E-state index contributed by atoms with van der Waals surface area (Å²) in [5.74, 6) is 0.598. The number of carbonyl (C=O) groups excluding carboxylic acids is 1. The number of hydrogen-bond donors (Lipinski definition) is 2. The first kappa shape index (κ1) is 27.9. The largest absolute Gasteiger partial charge is 0.573 e. The van der Waals surface area contributed by atoms with E-state index < -0.39 is 6.36 Å². The number of carbonyl (C=O) groups is 1. The molecular weight excluding hydrogens is 519 g/mol. The number of anilines is 1. The third kappa shape index (κ3) is 7.31. The number of hydrogen-bond acceptors (Lipinski definition) is 6. The highest BCUT2D eigenvalue weighted by molar-refractivity contribution is 5.96. The van der Waals surface area contributed by atoms with E-state index in [2.05, 4.69) is 42.3 Å². The molecule has 3 heterocycles. The number of piperidine rings is 1. The van der Waals surface area contributed by atoms with Crippen LogP contribution in [0.4, 0.5) is 19.0 Å². The van der Waals surface area contributed by atoms with Crippen LogP contribution in [0.5, 0.6) is 5.75 Å². The van der Waals surface area contributed by atoms with Gasteiger partial charge in [-0.15, -0.1) is 13.2 Å². The summed E-state index contributed by atoms with van der Waals surface area (Å²) in [4.78, 5) is 22.4. The summed E-state index contributed by atoms with van der Waals surface area (Å²) >= 11 is 0. The van der Waals surface area contributed by atoms with Gasteiger partial charge in [-0.25, -0.2) is 4.98 Å². The molecule has 3 aromatic rings. The zero-order chi connectivity index (χ0) is 28.1. The second-order valence-electron chi connectivity index (χ2n) is 10.4. The molecule has 2 aliphatic heterocycles. The summed E-state index contributed by atoms with van der Waals surface area (Å²) < 4.78 is 41.4. The van der Waals surface area contributed by atoms with Gasteiger partial charge in [0.2, 0.25) is 0 Å². The fourth-order valence-electron chi connectivity index (χ4n) is 5.26. The third-order valence-corrected chi connectivity index (χ3v) is 7.48. The SMILES string of the molecule is Cc1ccc(C(=O)NC2CCN(Cc3ccc(N4CCNCC4)nc3)CC2)cc1-c1ccc(OC(F)(F)F)cc1. The van der Waals surface area contributed by atoms with Crippen molar-refractivity contribution in [3.05, 3.63) is 77.5 Å². The van der Waals surface area contributed by atoms with Gasteiger partial charge in [0.05, 0.1) is 0 Å². The number of aromatic nitrogens is 1. The number of amides is 1. The van der Waals surface area contributed by atoms with Crippen molar-refractivity contribution in [2.24, 2.45) is 0 Å². The zero-order valence-corrected chi connectivity index (χ0v) is 22.5. The van der Waals surface area contributed by atoms with Crippen LogP contribution in [0.3, 0.4) is 0 Å². The number of benzene rings is 2. The van der Waals surface area contributed by atoms with Crippen molar-refractivity contribution in [2.45, 2.75) is 38.7 Å². The van der Waals surface area contributed by atoms with Crippen LogP contribution in [0.1, 0.15) is 34.3 Å². The smallest absolute Gasteiger partial charge is 0.406 e. The van der Waals surface area contributed by atoms with Crippen molar-refractivity contribution in [1.29, 1.82) is 0 Å². The first-order chi connectivity index (χ1) is 19.2. The fraction of sp³-hybridized carbons (Fsp3) is 0.400. The van der Waals surface area contributed by atoms with E-state index in [1.807, 2.05) is 19.2 Å². The van der Waals surface area contributed by atoms with Gasteiger partial charge in [0.15, 0.2) is 0 Å². The number of piperazine rings is 1.